The van der Waals surface area contributed by atoms with Crippen molar-refractivity contribution in [2.75, 3.05) is 4.90 Å². The maximum absolute atomic E-state index is 10.8. The highest BCUT2D eigenvalue weighted by Gasteiger charge is 2.52. The van der Waals surface area contributed by atoms with Gasteiger partial charge in [-0.2, -0.15) is 0 Å². The molecular formula is C24H26BNO3. The van der Waals surface area contributed by atoms with E-state index >= 15 is 0 Å². The molecule has 148 valence electrons. The van der Waals surface area contributed by atoms with Gasteiger partial charge in [-0.15, -0.1) is 0 Å². The van der Waals surface area contributed by atoms with Crippen molar-refractivity contribution < 1.29 is 14.4 Å². The van der Waals surface area contributed by atoms with Crippen molar-refractivity contribution in [2.45, 2.75) is 38.9 Å². The van der Waals surface area contributed by atoms with E-state index in [0.717, 1.165) is 17.1 Å². The zero-order valence-corrected chi connectivity index (χ0v) is 17.3. The molecule has 0 saturated carbocycles. The zero-order chi connectivity index (χ0) is 20.6. The van der Waals surface area contributed by atoms with Crippen LogP contribution < -0.4 is 10.4 Å². The Morgan fingerprint density at radius 2 is 1.17 bits per heavy atom. The number of phenolic OH excluding ortho intramolecular Hbond substituents is 1. The molecule has 4 rings (SSSR count). The molecule has 1 aliphatic heterocycles. The molecule has 0 aromatic heterocycles. The van der Waals surface area contributed by atoms with Gasteiger partial charge in [-0.25, -0.2) is 0 Å². The summed E-state index contributed by atoms with van der Waals surface area (Å²) >= 11 is 0. The molecule has 4 nitrogen and oxygen atoms in total. The molecule has 0 spiro atoms. The third-order valence-corrected chi connectivity index (χ3v) is 5.81. The van der Waals surface area contributed by atoms with Crippen LogP contribution in [0, 0.1) is 0 Å². The van der Waals surface area contributed by atoms with Crippen molar-refractivity contribution in [1.82, 2.24) is 0 Å². The molecule has 0 aliphatic carbocycles. The Morgan fingerprint density at radius 1 is 0.690 bits per heavy atom. The number of phenols is 1. The van der Waals surface area contributed by atoms with Gasteiger partial charge in [0.05, 0.1) is 11.2 Å². The van der Waals surface area contributed by atoms with E-state index in [-0.39, 0.29) is 5.75 Å². The number of benzene rings is 3. The van der Waals surface area contributed by atoms with Crippen LogP contribution in [0.3, 0.4) is 0 Å². The highest BCUT2D eigenvalue weighted by atomic mass is 16.7. The van der Waals surface area contributed by atoms with E-state index in [9.17, 15) is 5.11 Å². The second kappa shape index (κ2) is 7.25. The Bertz CT molecular complexity index is 934. The Balaban J connectivity index is 1.72. The van der Waals surface area contributed by atoms with Gasteiger partial charge in [0, 0.05) is 28.6 Å². The lowest BCUT2D eigenvalue weighted by molar-refractivity contribution is 0.00578. The first-order valence-corrected chi connectivity index (χ1v) is 9.87. The number of anilines is 3. The van der Waals surface area contributed by atoms with E-state index in [1.54, 1.807) is 6.07 Å². The highest BCUT2D eigenvalue weighted by molar-refractivity contribution is 6.63. The van der Waals surface area contributed by atoms with Crippen LogP contribution in [0.1, 0.15) is 27.7 Å². The molecule has 5 heteroatoms. The quantitative estimate of drug-likeness (QED) is 0.628. The number of aromatic hydroxyl groups is 1. The van der Waals surface area contributed by atoms with E-state index < -0.39 is 18.3 Å². The van der Waals surface area contributed by atoms with E-state index in [4.69, 9.17) is 9.31 Å². The maximum Gasteiger partial charge on any atom is 0.498 e. The fourth-order valence-electron chi connectivity index (χ4n) is 3.44. The van der Waals surface area contributed by atoms with Crippen LogP contribution in [0.2, 0.25) is 0 Å². The predicted octanol–water partition coefficient (Wildman–Crippen LogP) is 5.16. The molecule has 0 atom stereocenters. The Labute approximate surface area is 172 Å². The third-order valence-electron chi connectivity index (χ3n) is 5.81. The standard InChI is InChI=1S/C24H26BNO3/c1-23(2)24(3,4)29-25(28-23)21-16-15-20(17-22(21)27)26(18-11-7-5-8-12-18)19-13-9-6-10-14-19/h5-17,27H,1-4H3. The van der Waals surface area contributed by atoms with Gasteiger partial charge < -0.3 is 19.3 Å². The number of nitrogens with zero attached hydrogens (tertiary/aromatic N) is 1. The molecule has 1 fully saturated rings. The first-order chi connectivity index (χ1) is 13.8. The average Bonchev–Trinajstić information content (AvgIpc) is 2.91. The summed E-state index contributed by atoms with van der Waals surface area (Å²) in [7, 11) is -0.601. The van der Waals surface area contributed by atoms with Crippen LogP contribution in [-0.2, 0) is 9.31 Å². The predicted molar refractivity (Wildman–Crippen MR) is 119 cm³/mol. The summed E-state index contributed by atoms with van der Waals surface area (Å²) in [5, 5.41) is 10.8. The molecule has 1 aliphatic rings. The number of hydrogen-bond donors (Lipinski definition) is 1. The Kier molecular flexibility index (Phi) is 4.89. The monoisotopic (exact) mass is 387 g/mol. The summed E-state index contributed by atoms with van der Waals surface area (Å²) in [6.07, 6.45) is 0. The van der Waals surface area contributed by atoms with Gasteiger partial charge in [0.25, 0.3) is 0 Å². The largest absolute Gasteiger partial charge is 0.508 e. The van der Waals surface area contributed by atoms with Crippen LogP contribution in [0.4, 0.5) is 17.1 Å². The van der Waals surface area contributed by atoms with Gasteiger partial charge in [-0.05, 0) is 58.0 Å². The summed E-state index contributed by atoms with van der Waals surface area (Å²) in [5.74, 6) is 0.151. The van der Waals surface area contributed by atoms with Crippen LogP contribution in [-0.4, -0.2) is 23.4 Å². The molecule has 0 bridgehead atoms. The Hall–Kier alpha value is -2.76. The molecule has 29 heavy (non-hydrogen) atoms. The molecule has 3 aromatic carbocycles. The van der Waals surface area contributed by atoms with E-state index in [2.05, 4.69) is 4.90 Å². The molecule has 1 N–H and O–H groups in total. The van der Waals surface area contributed by atoms with Crippen molar-refractivity contribution in [3.8, 4) is 5.75 Å². The summed E-state index contributed by atoms with van der Waals surface area (Å²) in [6.45, 7) is 8.02. The molecular weight excluding hydrogens is 361 g/mol. The van der Waals surface area contributed by atoms with E-state index in [0.29, 0.717) is 5.46 Å². The maximum atomic E-state index is 10.8. The first-order valence-electron chi connectivity index (χ1n) is 9.87. The lowest BCUT2D eigenvalue weighted by atomic mass is 9.78. The third kappa shape index (κ3) is 3.64. The fraction of sp³-hybridized carbons (Fsp3) is 0.250. The zero-order valence-electron chi connectivity index (χ0n) is 17.3. The first kappa shape index (κ1) is 19.6. The number of para-hydroxylation sites is 2. The number of hydrogen-bond acceptors (Lipinski definition) is 4. The molecule has 1 saturated heterocycles. The summed E-state index contributed by atoms with van der Waals surface area (Å²) in [4.78, 5) is 2.10. The average molecular weight is 387 g/mol. The molecule has 0 unspecified atom stereocenters. The minimum Gasteiger partial charge on any atom is -0.508 e. The fourth-order valence-corrected chi connectivity index (χ4v) is 3.44. The molecule has 0 radical (unpaired) electrons. The van der Waals surface area contributed by atoms with Gasteiger partial charge in [-0.1, -0.05) is 42.5 Å². The van der Waals surface area contributed by atoms with Crippen LogP contribution >= 0.6 is 0 Å². The minimum absolute atomic E-state index is 0.151. The van der Waals surface area contributed by atoms with Crippen molar-refractivity contribution in [3.63, 3.8) is 0 Å². The van der Waals surface area contributed by atoms with Gasteiger partial charge in [0.15, 0.2) is 0 Å². The van der Waals surface area contributed by atoms with Gasteiger partial charge in [0.1, 0.15) is 5.75 Å². The minimum atomic E-state index is -0.601. The van der Waals surface area contributed by atoms with Gasteiger partial charge in [-0.3, -0.25) is 0 Å². The summed E-state index contributed by atoms with van der Waals surface area (Å²) < 4.78 is 12.2. The van der Waals surface area contributed by atoms with E-state index in [1.807, 2.05) is 100 Å². The Morgan fingerprint density at radius 3 is 1.62 bits per heavy atom. The van der Waals surface area contributed by atoms with E-state index in [1.165, 1.54) is 0 Å². The number of rotatable bonds is 4. The molecule has 1 heterocycles. The second-order valence-corrected chi connectivity index (χ2v) is 8.34. The molecule has 3 aromatic rings. The summed E-state index contributed by atoms with van der Waals surface area (Å²) in [5.41, 5.74) is 2.61. The SMILES string of the molecule is CC1(C)OB(c2ccc(N(c3ccccc3)c3ccccc3)cc2O)OC1(C)C. The highest BCUT2D eigenvalue weighted by Crippen LogP contribution is 2.39. The lowest BCUT2D eigenvalue weighted by Crippen LogP contribution is -2.41. The normalized spacial score (nSPS) is 17.3. The van der Waals surface area contributed by atoms with Crippen LogP contribution in [0.25, 0.3) is 0 Å². The molecule has 0 amide bonds. The van der Waals surface area contributed by atoms with Crippen LogP contribution in [0.15, 0.2) is 78.9 Å². The van der Waals surface area contributed by atoms with Crippen molar-refractivity contribution in [2.24, 2.45) is 0 Å². The second-order valence-electron chi connectivity index (χ2n) is 8.34. The lowest BCUT2D eigenvalue weighted by Gasteiger charge is -2.32. The van der Waals surface area contributed by atoms with Gasteiger partial charge in [0.2, 0.25) is 0 Å². The van der Waals surface area contributed by atoms with Crippen LogP contribution in [0.5, 0.6) is 5.75 Å². The summed E-state index contributed by atoms with van der Waals surface area (Å²) in [6, 6.07) is 25.8. The van der Waals surface area contributed by atoms with Crippen molar-refractivity contribution in [3.05, 3.63) is 78.9 Å². The van der Waals surface area contributed by atoms with Crippen molar-refractivity contribution in [1.29, 1.82) is 0 Å². The smallest absolute Gasteiger partial charge is 0.498 e. The van der Waals surface area contributed by atoms with Gasteiger partial charge >= 0.3 is 7.12 Å². The topological polar surface area (TPSA) is 41.9 Å². The van der Waals surface area contributed by atoms with Crippen molar-refractivity contribution >= 4 is 29.6 Å².